The third-order valence-electron chi connectivity index (χ3n) is 3.00. The lowest BCUT2D eigenvalue weighted by molar-refractivity contribution is -0.129. The van der Waals surface area contributed by atoms with Crippen molar-refractivity contribution in [3.8, 4) is 5.75 Å². The first-order valence-corrected chi connectivity index (χ1v) is 5.94. The van der Waals surface area contributed by atoms with Crippen LogP contribution in [-0.2, 0) is 4.79 Å². The Hall–Kier alpha value is -1.42. The summed E-state index contributed by atoms with van der Waals surface area (Å²) in [5.41, 5.74) is 0.910. The highest BCUT2D eigenvalue weighted by atomic mass is 35.5. The summed E-state index contributed by atoms with van der Waals surface area (Å²) in [5.74, 6) is 0.280. The number of benzene rings is 1. The van der Waals surface area contributed by atoms with E-state index in [-0.39, 0.29) is 11.7 Å². The zero-order valence-electron chi connectivity index (χ0n) is 9.69. The van der Waals surface area contributed by atoms with Crippen molar-refractivity contribution in [1.29, 1.82) is 0 Å². The Balaban J connectivity index is 2.08. The smallest absolute Gasteiger partial charge is 0.219 e. The minimum absolute atomic E-state index is 0.112. The molecule has 0 aliphatic carbocycles. The zero-order chi connectivity index (χ0) is 12.4. The van der Waals surface area contributed by atoms with E-state index < -0.39 is 0 Å². The van der Waals surface area contributed by atoms with Crippen molar-refractivity contribution in [2.45, 2.75) is 6.92 Å². The fraction of sp³-hybridized carbons (Fsp3) is 0.417. The number of phenols is 1. The quantitative estimate of drug-likeness (QED) is 0.830. The number of carbonyl (C=O) groups is 1. The van der Waals surface area contributed by atoms with Gasteiger partial charge in [-0.05, 0) is 12.1 Å². The first kappa shape index (κ1) is 12.0. The van der Waals surface area contributed by atoms with E-state index in [1.54, 1.807) is 19.1 Å². The van der Waals surface area contributed by atoms with Crippen LogP contribution < -0.4 is 4.90 Å². The van der Waals surface area contributed by atoms with Gasteiger partial charge in [-0.3, -0.25) is 4.79 Å². The van der Waals surface area contributed by atoms with Gasteiger partial charge in [-0.1, -0.05) is 11.6 Å². The fourth-order valence-electron chi connectivity index (χ4n) is 2.01. The van der Waals surface area contributed by atoms with Gasteiger partial charge in [0.1, 0.15) is 5.75 Å². The van der Waals surface area contributed by atoms with E-state index >= 15 is 0 Å². The van der Waals surface area contributed by atoms with Crippen LogP contribution >= 0.6 is 11.6 Å². The number of anilines is 1. The molecule has 1 saturated heterocycles. The normalized spacial score (nSPS) is 16.1. The number of rotatable bonds is 1. The number of piperazine rings is 1. The van der Waals surface area contributed by atoms with Crippen LogP contribution in [0.2, 0.25) is 5.02 Å². The first-order valence-electron chi connectivity index (χ1n) is 5.57. The van der Waals surface area contributed by atoms with Gasteiger partial charge in [0.15, 0.2) is 0 Å². The summed E-state index contributed by atoms with van der Waals surface area (Å²) in [6.45, 7) is 4.55. The Morgan fingerprint density at radius 3 is 2.47 bits per heavy atom. The number of carbonyl (C=O) groups excluding carboxylic acids is 1. The van der Waals surface area contributed by atoms with Crippen molar-refractivity contribution in [1.82, 2.24) is 4.90 Å². The highest BCUT2D eigenvalue weighted by Gasteiger charge is 2.20. The van der Waals surface area contributed by atoms with Crippen LogP contribution in [0.1, 0.15) is 6.92 Å². The van der Waals surface area contributed by atoms with Gasteiger partial charge in [0.05, 0.1) is 10.7 Å². The molecule has 4 nitrogen and oxygen atoms in total. The van der Waals surface area contributed by atoms with E-state index in [4.69, 9.17) is 11.6 Å². The van der Waals surface area contributed by atoms with Gasteiger partial charge in [0.25, 0.3) is 0 Å². The van der Waals surface area contributed by atoms with Gasteiger partial charge >= 0.3 is 0 Å². The number of hydrogen-bond acceptors (Lipinski definition) is 3. The van der Waals surface area contributed by atoms with Crippen molar-refractivity contribution in [2.75, 3.05) is 31.1 Å². The minimum Gasteiger partial charge on any atom is -0.508 e. The molecule has 1 aliphatic heterocycles. The summed E-state index contributed by atoms with van der Waals surface area (Å²) in [7, 11) is 0. The molecule has 0 spiro atoms. The van der Waals surface area contributed by atoms with Crippen LogP contribution in [0.25, 0.3) is 0 Å². The molecule has 0 bridgehead atoms. The van der Waals surface area contributed by atoms with Crippen molar-refractivity contribution in [2.24, 2.45) is 0 Å². The van der Waals surface area contributed by atoms with Gasteiger partial charge in [0.2, 0.25) is 5.91 Å². The standard InChI is InChI=1S/C12H15ClN2O2/c1-9(16)14-4-6-15(7-5-14)12-3-2-10(17)8-11(12)13/h2-3,8,17H,4-7H2,1H3. The van der Waals surface area contributed by atoms with Gasteiger partial charge < -0.3 is 14.9 Å². The lowest BCUT2D eigenvalue weighted by atomic mass is 10.2. The molecule has 2 rings (SSSR count). The molecule has 1 heterocycles. The van der Waals surface area contributed by atoms with Crippen LogP contribution in [0.15, 0.2) is 18.2 Å². The third-order valence-corrected chi connectivity index (χ3v) is 3.30. The van der Waals surface area contributed by atoms with Crippen LogP contribution in [0, 0.1) is 0 Å². The monoisotopic (exact) mass is 254 g/mol. The zero-order valence-corrected chi connectivity index (χ0v) is 10.4. The summed E-state index contributed by atoms with van der Waals surface area (Å²) >= 11 is 6.08. The lowest BCUT2D eigenvalue weighted by Gasteiger charge is -2.36. The Bertz CT molecular complexity index is 429. The largest absolute Gasteiger partial charge is 0.508 e. The number of nitrogens with zero attached hydrogens (tertiary/aromatic N) is 2. The molecule has 0 unspecified atom stereocenters. The molecule has 0 atom stereocenters. The Kier molecular flexibility index (Phi) is 3.43. The molecule has 1 N–H and O–H groups in total. The molecule has 0 radical (unpaired) electrons. The number of halogens is 1. The molecule has 92 valence electrons. The number of phenolic OH excluding ortho intramolecular Hbond substituents is 1. The van der Waals surface area contributed by atoms with E-state index in [9.17, 15) is 9.90 Å². The molecule has 1 amide bonds. The molecule has 1 aliphatic rings. The van der Waals surface area contributed by atoms with Gasteiger partial charge in [-0.25, -0.2) is 0 Å². The van der Waals surface area contributed by atoms with Crippen molar-refractivity contribution >= 4 is 23.2 Å². The Morgan fingerprint density at radius 1 is 1.29 bits per heavy atom. The van der Waals surface area contributed by atoms with E-state index in [0.717, 1.165) is 18.8 Å². The SMILES string of the molecule is CC(=O)N1CCN(c2ccc(O)cc2Cl)CC1. The van der Waals surface area contributed by atoms with Crippen LogP contribution in [0.4, 0.5) is 5.69 Å². The second-order valence-corrected chi connectivity index (χ2v) is 4.54. The minimum atomic E-state index is 0.112. The second kappa shape index (κ2) is 4.84. The van der Waals surface area contributed by atoms with Crippen LogP contribution in [0.3, 0.4) is 0 Å². The first-order chi connectivity index (χ1) is 8.08. The van der Waals surface area contributed by atoms with E-state index in [1.165, 1.54) is 6.07 Å². The molecule has 1 fully saturated rings. The number of aromatic hydroxyl groups is 1. The average Bonchev–Trinajstić information content (AvgIpc) is 2.29. The summed E-state index contributed by atoms with van der Waals surface area (Å²) in [6.07, 6.45) is 0. The Morgan fingerprint density at radius 2 is 1.94 bits per heavy atom. The highest BCUT2D eigenvalue weighted by Crippen LogP contribution is 2.29. The van der Waals surface area contributed by atoms with Crippen LogP contribution in [0.5, 0.6) is 5.75 Å². The predicted octanol–water partition coefficient (Wildman–Crippen LogP) is 1.71. The fourth-order valence-corrected chi connectivity index (χ4v) is 2.31. The van der Waals surface area contributed by atoms with E-state index in [1.807, 2.05) is 4.90 Å². The summed E-state index contributed by atoms with van der Waals surface area (Å²) in [5, 5.41) is 9.84. The van der Waals surface area contributed by atoms with Gasteiger partial charge in [-0.15, -0.1) is 0 Å². The predicted molar refractivity (Wildman–Crippen MR) is 67.6 cm³/mol. The molecule has 0 aromatic heterocycles. The number of amides is 1. The third kappa shape index (κ3) is 2.64. The second-order valence-electron chi connectivity index (χ2n) is 4.13. The van der Waals surface area contributed by atoms with E-state index in [0.29, 0.717) is 18.1 Å². The topological polar surface area (TPSA) is 43.8 Å². The number of hydrogen-bond donors (Lipinski definition) is 1. The van der Waals surface area contributed by atoms with Crippen molar-refractivity contribution in [3.05, 3.63) is 23.2 Å². The summed E-state index contributed by atoms with van der Waals surface area (Å²) in [4.78, 5) is 15.2. The highest BCUT2D eigenvalue weighted by molar-refractivity contribution is 6.33. The summed E-state index contributed by atoms with van der Waals surface area (Å²) < 4.78 is 0. The molecule has 5 heteroatoms. The van der Waals surface area contributed by atoms with Crippen molar-refractivity contribution < 1.29 is 9.90 Å². The maximum atomic E-state index is 11.2. The molecule has 1 aromatic rings. The van der Waals surface area contributed by atoms with Gasteiger partial charge in [-0.2, -0.15) is 0 Å². The molecular weight excluding hydrogens is 240 g/mol. The maximum absolute atomic E-state index is 11.2. The molecule has 17 heavy (non-hydrogen) atoms. The molecule has 0 saturated carbocycles. The summed E-state index contributed by atoms with van der Waals surface area (Å²) in [6, 6.07) is 4.97. The Labute approximate surface area is 105 Å². The maximum Gasteiger partial charge on any atom is 0.219 e. The van der Waals surface area contributed by atoms with Crippen LogP contribution in [-0.4, -0.2) is 42.1 Å². The lowest BCUT2D eigenvalue weighted by Crippen LogP contribution is -2.48. The molecule has 1 aromatic carbocycles. The molecular formula is C12H15ClN2O2. The van der Waals surface area contributed by atoms with Gasteiger partial charge in [0, 0.05) is 39.2 Å². The van der Waals surface area contributed by atoms with Crippen molar-refractivity contribution in [3.63, 3.8) is 0 Å². The average molecular weight is 255 g/mol. The van der Waals surface area contributed by atoms with E-state index in [2.05, 4.69) is 4.90 Å².